The number of amides is 5. The van der Waals surface area contributed by atoms with E-state index in [-0.39, 0.29) is 12.3 Å². The third-order valence-electron chi connectivity index (χ3n) is 4.76. The molecule has 0 unspecified atom stereocenters. The summed E-state index contributed by atoms with van der Waals surface area (Å²) in [4.78, 5) is 48.9. The van der Waals surface area contributed by atoms with Gasteiger partial charge in [0.05, 0.1) is 6.42 Å². The molecule has 3 rings (SSSR count). The van der Waals surface area contributed by atoms with Crippen molar-refractivity contribution in [1.29, 1.82) is 0 Å². The first-order chi connectivity index (χ1) is 13.9. The fourth-order valence-electron chi connectivity index (χ4n) is 3.30. The molecule has 29 heavy (non-hydrogen) atoms. The SMILES string of the molecule is CC[C@]1(c2ccccc2)NC(=O)N(NC(=O)Cc2ccc(NC(C)=O)cc2)C1=O. The van der Waals surface area contributed by atoms with Gasteiger partial charge < -0.3 is 10.6 Å². The Balaban J connectivity index is 1.70. The molecule has 0 bridgehead atoms. The van der Waals surface area contributed by atoms with E-state index in [1.54, 1.807) is 55.5 Å². The number of rotatable bonds is 6. The average Bonchev–Trinajstić information content (AvgIpc) is 2.95. The minimum Gasteiger partial charge on any atom is -0.326 e. The largest absolute Gasteiger partial charge is 0.344 e. The lowest BCUT2D eigenvalue weighted by molar-refractivity contribution is -0.139. The number of anilines is 1. The zero-order chi connectivity index (χ0) is 21.0. The van der Waals surface area contributed by atoms with E-state index in [0.29, 0.717) is 23.2 Å². The van der Waals surface area contributed by atoms with Crippen LogP contribution in [0.25, 0.3) is 0 Å². The summed E-state index contributed by atoms with van der Waals surface area (Å²) in [6.07, 6.45) is 0.320. The molecule has 1 aliphatic rings. The number of nitrogens with one attached hydrogen (secondary N) is 3. The Morgan fingerprint density at radius 1 is 1.03 bits per heavy atom. The van der Waals surface area contributed by atoms with Crippen LogP contribution in [-0.4, -0.2) is 28.8 Å². The van der Waals surface area contributed by atoms with Crippen molar-refractivity contribution < 1.29 is 19.2 Å². The van der Waals surface area contributed by atoms with Crippen LogP contribution in [0.5, 0.6) is 0 Å². The first-order valence-corrected chi connectivity index (χ1v) is 9.24. The Morgan fingerprint density at radius 2 is 1.69 bits per heavy atom. The smallest absolute Gasteiger partial charge is 0.326 e. The maximum atomic E-state index is 13.0. The van der Waals surface area contributed by atoms with Crippen LogP contribution in [0.4, 0.5) is 10.5 Å². The lowest BCUT2D eigenvalue weighted by Gasteiger charge is -2.25. The fourth-order valence-corrected chi connectivity index (χ4v) is 3.30. The van der Waals surface area contributed by atoms with Crippen molar-refractivity contribution in [3.8, 4) is 0 Å². The number of hydrogen-bond donors (Lipinski definition) is 3. The minimum absolute atomic E-state index is 0.0259. The molecule has 0 aromatic heterocycles. The summed E-state index contributed by atoms with van der Waals surface area (Å²) in [5.41, 5.74) is 3.14. The number of benzene rings is 2. The molecule has 8 heteroatoms. The van der Waals surface area contributed by atoms with Crippen molar-refractivity contribution in [3.63, 3.8) is 0 Å². The maximum Gasteiger partial charge on any atom is 0.344 e. The fraction of sp³-hybridized carbons (Fsp3) is 0.238. The second-order valence-electron chi connectivity index (χ2n) is 6.79. The van der Waals surface area contributed by atoms with Crippen LogP contribution in [0.15, 0.2) is 54.6 Å². The van der Waals surface area contributed by atoms with Crippen LogP contribution in [0, 0.1) is 0 Å². The number of hydrazine groups is 1. The van der Waals surface area contributed by atoms with Gasteiger partial charge in [0.15, 0.2) is 0 Å². The van der Waals surface area contributed by atoms with E-state index in [1.807, 2.05) is 6.07 Å². The lowest BCUT2D eigenvalue weighted by atomic mass is 9.87. The quantitative estimate of drug-likeness (QED) is 0.652. The third kappa shape index (κ3) is 4.11. The number of carbonyl (C=O) groups excluding carboxylic acids is 4. The molecule has 0 aliphatic carbocycles. The molecule has 8 nitrogen and oxygen atoms in total. The van der Waals surface area contributed by atoms with Crippen molar-refractivity contribution in [2.75, 3.05) is 5.32 Å². The zero-order valence-electron chi connectivity index (χ0n) is 16.2. The highest BCUT2D eigenvalue weighted by Gasteiger charge is 2.52. The molecule has 150 valence electrons. The number of hydrogen-bond acceptors (Lipinski definition) is 4. The van der Waals surface area contributed by atoms with Gasteiger partial charge in [0, 0.05) is 12.6 Å². The van der Waals surface area contributed by atoms with Gasteiger partial charge in [-0.2, -0.15) is 5.01 Å². The minimum atomic E-state index is -1.20. The van der Waals surface area contributed by atoms with Gasteiger partial charge in [-0.3, -0.25) is 19.8 Å². The summed E-state index contributed by atoms with van der Waals surface area (Å²) in [6.45, 7) is 3.21. The summed E-state index contributed by atoms with van der Waals surface area (Å²) < 4.78 is 0. The molecule has 3 N–H and O–H groups in total. The van der Waals surface area contributed by atoms with Crippen molar-refractivity contribution in [2.45, 2.75) is 32.2 Å². The van der Waals surface area contributed by atoms with Crippen LogP contribution >= 0.6 is 0 Å². The van der Waals surface area contributed by atoms with E-state index < -0.39 is 23.4 Å². The van der Waals surface area contributed by atoms with Crippen molar-refractivity contribution >= 4 is 29.4 Å². The summed E-state index contributed by atoms with van der Waals surface area (Å²) in [5.74, 6) is -1.21. The average molecular weight is 394 g/mol. The molecule has 0 spiro atoms. The van der Waals surface area contributed by atoms with Gasteiger partial charge in [0.2, 0.25) is 11.8 Å². The number of imide groups is 1. The Labute approximate surface area is 168 Å². The highest BCUT2D eigenvalue weighted by molar-refractivity contribution is 6.08. The van der Waals surface area contributed by atoms with Gasteiger partial charge in [-0.1, -0.05) is 49.4 Å². The molecule has 1 heterocycles. The van der Waals surface area contributed by atoms with E-state index in [9.17, 15) is 19.2 Å². The molecule has 1 saturated heterocycles. The Bertz CT molecular complexity index is 943. The number of urea groups is 1. The molecule has 2 aromatic carbocycles. The Kier molecular flexibility index (Phi) is 5.63. The zero-order valence-corrected chi connectivity index (χ0v) is 16.2. The van der Waals surface area contributed by atoms with E-state index in [4.69, 9.17) is 0 Å². The second kappa shape index (κ2) is 8.14. The van der Waals surface area contributed by atoms with E-state index >= 15 is 0 Å². The van der Waals surface area contributed by atoms with E-state index in [1.165, 1.54) is 6.92 Å². The highest BCUT2D eigenvalue weighted by Crippen LogP contribution is 2.31. The monoisotopic (exact) mass is 394 g/mol. The van der Waals surface area contributed by atoms with Crippen LogP contribution in [0.1, 0.15) is 31.4 Å². The van der Waals surface area contributed by atoms with Gasteiger partial charge in [0.25, 0.3) is 5.91 Å². The van der Waals surface area contributed by atoms with Gasteiger partial charge in [-0.15, -0.1) is 0 Å². The van der Waals surface area contributed by atoms with Crippen LogP contribution < -0.4 is 16.1 Å². The maximum absolute atomic E-state index is 13.0. The first kappa shape index (κ1) is 20.1. The van der Waals surface area contributed by atoms with E-state index in [0.717, 1.165) is 5.01 Å². The normalized spacial score (nSPS) is 18.3. The molecule has 1 aliphatic heterocycles. The van der Waals surface area contributed by atoms with Crippen molar-refractivity contribution in [2.24, 2.45) is 0 Å². The standard InChI is InChI=1S/C21H22N4O4/c1-3-21(16-7-5-4-6-8-16)19(28)25(20(29)23-21)24-18(27)13-15-9-11-17(12-10-15)22-14(2)26/h4-12H,3,13H2,1-2H3,(H,22,26)(H,23,29)(H,24,27)/t21-/m1/s1. The summed E-state index contributed by atoms with van der Waals surface area (Å²) in [7, 11) is 0. The van der Waals surface area contributed by atoms with Gasteiger partial charge in [-0.05, 0) is 29.7 Å². The van der Waals surface area contributed by atoms with Crippen LogP contribution in [-0.2, 0) is 26.3 Å². The lowest BCUT2D eigenvalue weighted by Crippen LogP contribution is -2.49. The molecular formula is C21H22N4O4. The van der Waals surface area contributed by atoms with Gasteiger partial charge in [-0.25, -0.2) is 4.79 Å². The molecule has 0 saturated carbocycles. The van der Waals surface area contributed by atoms with Crippen molar-refractivity contribution in [1.82, 2.24) is 15.8 Å². The number of nitrogens with zero attached hydrogens (tertiary/aromatic N) is 1. The van der Waals surface area contributed by atoms with Crippen LogP contribution in [0.3, 0.4) is 0 Å². The third-order valence-corrected chi connectivity index (χ3v) is 4.76. The molecule has 2 aromatic rings. The number of carbonyl (C=O) groups is 4. The summed E-state index contributed by atoms with van der Waals surface area (Å²) in [5, 5.41) is 6.09. The van der Waals surface area contributed by atoms with Crippen LogP contribution in [0.2, 0.25) is 0 Å². The summed E-state index contributed by atoms with van der Waals surface area (Å²) >= 11 is 0. The Hall–Kier alpha value is -3.68. The molecule has 1 atom stereocenters. The molecule has 5 amide bonds. The van der Waals surface area contributed by atoms with E-state index in [2.05, 4.69) is 16.1 Å². The first-order valence-electron chi connectivity index (χ1n) is 9.24. The molecular weight excluding hydrogens is 372 g/mol. The topological polar surface area (TPSA) is 108 Å². The van der Waals surface area contributed by atoms with Gasteiger partial charge >= 0.3 is 6.03 Å². The molecule has 0 radical (unpaired) electrons. The summed E-state index contributed by atoms with van der Waals surface area (Å²) in [6, 6.07) is 15.0. The molecule has 1 fully saturated rings. The second-order valence-corrected chi connectivity index (χ2v) is 6.79. The predicted molar refractivity (Wildman–Crippen MR) is 106 cm³/mol. The Morgan fingerprint density at radius 3 is 2.28 bits per heavy atom. The predicted octanol–water partition coefficient (Wildman–Crippen LogP) is 2.08. The highest BCUT2D eigenvalue weighted by atomic mass is 16.2. The van der Waals surface area contributed by atoms with Crippen molar-refractivity contribution in [3.05, 3.63) is 65.7 Å². The van der Waals surface area contributed by atoms with Gasteiger partial charge in [0.1, 0.15) is 5.54 Å².